The van der Waals surface area contributed by atoms with E-state index in [1.54, 1.807) is 23.7 Å². The molecule has 17 heavy (non-hydrogen) atoms. The molecule has 1 unspecified atom stereocenters. The van der Waals surface area contributed by atoms with E-state index in [1.807, 2.05) is 12.1 Å². The quantitative estimate of drug-likeness (QED) is 0.820. The Morgan fingerprint density at radius 3 is 3.06 bits per heavy atom. The summed E-state index contributed by atoms with van der Waals surface area (Å²) in [5.74, 6) is 0.126. The van der Waals surface area contributed by atoms with E-state index in [9.17, 15) is 4.79 Å². The van der Waals surface area contributed by atoms with Gasteiger partial charge in [-0.3, -0.25) is 4.79 Å². The molecule has 0 spiro atoms. The van der Waals surface area contributed by atoms with Crippen molar-refractivity contribution in [2.45, 2.75) is 23.0 Å². The molecule has 88 valence electrons. The number of nitriles is 1. The number of nitrogens with zero attached hydrogens (tertiary/aromatic N) is 2. The monoisotopic (exact) mass is 246 g/mol. The molecule has 0 N–H and O–H groups in total. The minimum Gasteiger partial charge on any atom is -0.344 e. The zero-order valence-electron chi connectivity index (χ0n) is 9.72. The van der Waals surface area contributed by atoms with Gasteiger partial charge in [0.25, 0.3) is 0 Å². The SMILES string of the molecule is CN(CCC#N)C(=O)C1Cc2ccccc2S1. The highest BCUT2D eigenvalue weighted by Gasteiger charge is 2.29. The number of carbonyl (C=O) groups excluding carboxylic acids is 1. The van der Waals surface area contributed by atoms with Crippen LogP contribution >= 0.6 is 11.8 Å². The van der Waals surface area contributed by atoms with Gasteiger partial charge in [0.2, 0.25) is 5.91 Å². The molecule has 2 rings (SSSR count). The second-order valence-electron chi connectivity index (χ2n) is 4.09. The van der Waals surface area contributed by atoms with Crippen LogP contribution in [0, 0.1) is 11.3 Å². The average Bonchev–Trinajstić information content (AvgIpc) is 2.78. The molecule has 0 saturated heterocycles. The fraction of sp³-hybridized carbons (Fsp3) is 0.385. The van der Waals surface area contributed by atoms with Crippen molar-refractivity contribution in [2.75, 3.05) is 13.6 Å². The zero-order chi connectivity index (χ0) is 12.3. The number of hydrogen-bond donors (Lipinski definition) is 0. The van der Waals surface area contributed by atoms with E-state index in [2.05, 4.69) is 18.2 Å². The molecule has 0 bridgehead atoms. The maximum Gasteiger partial charge on any atom is 0.236 e. The topological polar surface area (TPSA) is 44.1 Å². The smallest absolute Gasteiger partial charge is 0.236 e. The summed E-state index contributed by atoms with van der Waals surface area (Å²) in [5.41, 5.74) is 1.25. The van der Waals surface area contributed by atoms with Gasteiger partial charge >= 0.3 is 0 Å². The molecule has 0 aromatic heterocycles. The van der Waals surface area contributed by atoms with Gasteiger partial charge in [-0.2, -0.15) is 5.26 Å². The van der Waals surface area contributed by atoms with Crippen molar-refractivity contribution in [1.82, 2.24) is 4.90 Å². The van der Waals surface area contributed by atoms with Crippen LogP contribution in [-0.2, 0) is 11.2 Å². The number of fused-ring (bicyclic) bond motifs is 1. The third-order valence-electron chi connectivity index (χ3n) is 2.86. The summed E-state index contributed by atoms with van der Waals surface area (Å²) in [6.45, 7) is 0.517. The Morgan fingerprint density at radius 1 is 1.59 bits per heavy atom. The first-order valence-electron chi connectivity index (χ1n) is 5.59. The van der Waals surface area contributed by atoms with Crippen LogP contribution < -0.4 is 0 Å². The molecule has 0 fully saturated rings. The van der Waals surface area contributed by atoms with Crippen molar-refractivity contribution in [3.8, 4) is 6.07 Å². The molecule has 3 nitrogen and oxygen atoms in total. The van der Waals surface area contributed by atoms with Crippen molar-refractivity contribution in [1.29, 1.82) is 5.26 Å². The van der Waals surface area contributed by atoms with E-state index < -0.39 is 0 Å². The molecule has 1 heterocycles. The summed E-state index contributed by atoms with van der Waals surface area (Å²) in [5, 5.41) is 8.49. The standard InChI is InChI=1S/C13H14N2OS/c1-15(8-4-7-14)13(16)12-9-10-5-2-3-6-11(10)17-12/h2-3,5-6,12H,4,8-9H2,1H3. The Hall–Kier alpha value is -1.47. The van der Waals surface area contributed by atoms with Crippen molar-refractivity contribution in [3.63, 3.8) is 0 Å². The van der Waals surface area contributed by atoms with E-state index in [0.29, 0.717) is 13.0 Å². The summed E-state index contributed by atoms with van der Waals surface area (Å²) in [6.07, 6.45) is 1.20. The third-order valence-corrected chi connectivity index (χ3v) is 4.16. The van der Waals surface area contributed by atoms with E-state index in [0.717, 1.165) is 6.42 Å². The number of hydrogen-bond acceptors (Lipinski definition) is 3. The normalized spacial score (nSPS) is 17.3. The van der Waals surface area contributed by atoms with Gasteiger partial charge in [0, 0.05) is 18.5 Å². The first kappa shape index (κ1) is 12.0. The molecule has 4 heteroatoms. The van der Waals surface area contributed by atoms with Crippen molar-refractivity contribution < 1.29 is 4.79 Å². The van der Waals surface area contributed by atoms with Crippen LogP contribution in [0.15, 0.2) is 29.2 Å². The molecule has 1 aromatic rings. The highest BCUT2D eigenvalue weighted by Crippen LogP contribution is 2.37. The van der Waals surface area contributed by atoms with Crippen molar-refractivity contribution >= 4 is 17.7 Å². The van der Waals surface area contributed by atoms with Crippen molar-refractivity contribution in [2.24, 2.45) is 0 Å². The molecule has 1 amide bonds. The van der Waals surface area contributed by atoms with Crippen LogP contribution in [0.5, 0.6) is 0 Å². The van der Waals surface area contributed by atoms with Gasteiger partial charge in [0.15, 0.2) is 0 Å². The van der Waals surface area contributed by atoms with E-state index in [1.165, 1.54) is 10.5 Å². The van der Waals surface area contributed by atoms with Gasteiger partial charge in [-0.15, -0.1) is 11.8 Å². The minimum atomic E-state index is -0.0175. The Kier molecular flexibility index (Phi) is 3.70. The lowest BCUT2D eigenvalue weighted by molar-refractivity contribution is -0.129. The first-order valence-corrected chi connectivity index (χ1v) is 6.47. The predicted octanol–water partition coefficient (Wildman–Crippen LogP) is 2.08. The molecule has 0 aliphatic carbocycles. The fourth-order valence-corrected chi connectivity index (χ4v) is 3.20. The zero-order valence-corrected chi connectivity index (χ0v) is 10.5. The molecule has 1 aromatic carbocycles. The Balaban J connectivity index is 1.99. The summed E-state index contributed by atoms with van der Waals surface area (Å²) in [7, 11) is 1.77. The Morgan fingerprint density at radius 2 is 2.35 bits per heavy atom. The maximum atomic E-state index is 12.1. The summed E-state index contributed by atoms with van der Waals surface area (Å²) in [4.78, 5) is 15.0. The summed E-state index contributed by atoms with van der Waals surface area (Å²) in [6, 6.07) is 10.2. The van der Waals surface area contributed by atoms with Crippen molar-refractivity contribution in [3.05, 3.63) is 29.8 Å². The lowest BCUT2D eigenvalue weighted by atomic mass is 10.1. The highest BCUT2D eigenvalue weighted by atomic mass is 32.2. The Labute approximate surface area is 105 Å². The molecular formula is C13H14N2OS. The van der Waals surface area contributed by atoms with Gasteiger partial charge < -0.3 is 4.90 Å². The van der Waals surface area contributed by atoms with E-state index >= 15 is 0 Å². The Bertz CT molecular complexity index is 442. The van der Waals surface area contributed by atoms with Crippen LogP contribution in [0.1, 0.15) is 12.0 Å². The molecule has 1 aliphatic rings. The van der Waals surface area contributed by atoms with Gasteiger partial charge in [0.05, 0.1) is 17.7 Å². The molecule has 0 radical (unpaired) electrons. The second kappa shape index (κ2) is 5.24. The molecule has 1 aliphatic heterocycles. The maximum absolute atomic E-state index is 12.1. The minimum absolute atomic E-state index is 0.0175. The van der Waals surface area contributed by atoms with E-state index in [4.69, 9.17) is 5.26 Å². The average molecular weight is 246 g/mol. The molecule has 0 saturated carbocycles. The predicted molar refractivity (Wildman–Crippen MR) is 67.7 cm³/mol. The highest BCUT2D eigenvalue weighted by molar-refractivity contribution is 8.01. The number of thioether (sulfide) groups is 1. The van der Waals surface area contributed by atoms with Crippen LogP contribution in [0.2, 0.25) is 0 Å². The number of rotatable bonds is 3. The first-order chi connectivity index (χ1) is 8.22. The number of carbonyl (C=O) groups is 1. The van der Waals surface area contributed by atoms with Gasteiger partial charge in [-0.05, 0) is 18.1 Å². The molecular weight excluding hydrogens is 232 g/mol. The summed E-state index contributed by atoms with van der Waals surface area (Å²) >= 11 is 1.63. The number of benzene rings is 1. The largest absolute Gasteiger partial charge is 0.344 e. The number of amides is 1. The van der Waals surface area contributed by atoms with Gasteiger partial charge in [-0.1, -0.05) is 18.2 Å². The fourth-order valence-electron chi connectivity index (χ4n) is 1.89. The lowest BCUT2D eigenvalue weighted by Gasteiger charge is -2.19. The second-order valence-corrected chi connectivity index (χ2v) is 5.33. The van der Waals surface area contributed by atoms with Gasteiger partial charge in [-0.25, -0.2) is 0 Å². The van der Waals surface area contributed by atoms with Crippen LogP contribution in [0.4, 0.5) is 0 Å². The van der Waals surface area contributed by atoms with E-state index in [-0.39, 0.29) is 11.2 Å². The third kappa shape index (κ3) is 2.62. The van der Waals surface area contributed by atoms with Crippen LogP contribution in [0.3, 0.4) is 0 Å². The van der Waals surface area contributed by atoms with Gasteiger partial charge in [0.1, 0.15) is 0 Å². The molecule has 1 atom stereocenters. The lowest BCUT2D eigenvalue weighted by Crippen LogP contribution is -2.35. The summed E-state index contributed by atoms with van der Waals surface area (Å²) < 4.78 is 0. The van der Waals surface area contributed by atoms with Crippen LogP contribution in [-0.4, -0.2) is 29.6 Å². The van der Waals surface area contributed by atoms with Crippen LogP contribution in [0.25, 0.3) is 0 Å².